The Balaban J connectivity index is 3.16. The fourth-order valence-electron chi connectivity index (χ4n) is 0.653. The number of aromatic nitrogens is 2. The van der Waals surface area contributed by atoms with Crippen LogP contribution in [0.2, 0.25) is 0 Å². The van der Waals surface area contributed by atoms with E-state index in [1.54, 1.807) is 12.3 Å². The van der Waals surface area contributed by atoms with E-state index in [1.165, 1.54) is 10.8 Å². The first-order valence-corrected chi connectivity index (χ1v) is 3.44. The molecule has 1 aromatic heterocycles. The van der Waals surface area contributed by atoms with Crippen LogP contribution in [0.5, 0.6) is 0 Å². The lowest BCUT2D eigenvalue weighted by molar-refractivity contribution is 0.685. The summed E-state index contributed by atoms with van der Waals surface area (Å²) in [5.74, 6) is 0. The molecular weight excluding hydrogens is 148 g/mol. The van der Waals surface area contributed by atoms with E-state index in [-0.39, 0.29) is 11.1 Å². The van der Waals surface area contributed by atoms with Gasteiger partial charge in [0, 0.05) is 12.4 Å². The van der Waals surface area contributed by atoms with Crippen LogP contribution in [0.15, 0.2) is 23.3 Å². The molecule has 0 amide bonds. The SMILES string of the molecule is C[C@@H](S)n1cccnc1=O. The molecule has 0 radical (unpaired) electrons. The van der Waals surface area contributed by atoms with Gasteiger partial charge in [-0.3, -0.25) is 4.57 Å². The Kier molecular flexibility index (Phi) is 2.11. The van der Waals surface area contributed by atoms with Crippen molar-refractivity contribution in [1.29, 1.82) is 0 Å². The second kappa shape index (κ2) is 2.88. The van der Waals surface area contributed by atoms with Gasteiger partial charge < -0.3 is 0 Å². The molecule has 1 rings (SSSR count). The maximum absolute atomic E-state index is 10.9. The average molecular weight is 156 g/mol. The third-order valence-corrected chi connectivity index (χ3v) is 1.39. The van der Waals surface area contributed by atoms with E-state index >= 15 is 0 Å². The highest BCUT2D eigenvalue weighted by Gasteiger charge is 1.97. The number of hydrogen-bond donors (Lipinski definition) is 1. The lowest BCUT2D eigenvalue weighted by Gasteiger charge is -2.05. The maximum atomic E-state index is 10.9. The Morgan fingerprint density at radius 1 is 1.80 bits per heavy atom. The summed E-state index contributed by atoms with van der Waals surface area (Å²) in [5.41, 5.74) is -0.259. The van der Waals surface area contributed by atoms with E-state index in [1.807, 2.05) is 6.92 Å². The summed E-state index contributed by atoms with van der Waals surface area (Å²) in [6, 6.07) is 1.70. The average Bonchev–Trinajstić information content (AvgIpc) is 1.88. The zero-order chi connectivity index (χ0) is 7.56. The summed E-state index contributed by atoms with van der Waals surface area (Å²) in [4.78, 5) is 14.4. The van der Waals surface area contributed by atoms with Crippen molar-refractivity contribution in [3.63, 3.8) is 0 Å². The largest absolute Gasteiger partial charge is 0.348 e. The van der Waals surface area contributed by atoms with Crippen LogP contribution in [-0.4, -0.2) is 9.55 Å². The summed E-state index contributed by atoms with van der Waals surface area (Å²) in [5, 5.41) is -0.110. The standard InChI is InChI=1S/C6H8N2OS/c1-5(10)8-4-2-3-7-6(8)9/h2-5,10H,1H3/t5-/m1/s1. The van der Waals surface area contributed by atoms with Gasteiger partial charge in [-0.25, -0.2) is 9.78 Å². The van der Waals surface area contributed by atoms with E-state index in [2.05, 4.69) is 17.6 Å². The normalized spacial score (nSPS) is 13.0. The van der Waals surface area contributed by atoms with Gasteiger partial charge in [-0.2, -0.15) is 12.6 Å². The van der Waals surface area contributed by atoms with E-state index in [4.69, 9.17) is 0 Å². The van der Waals surface area contributed by atoms with Crippen molar-refractivity contribution in [2.24, 2.45) is 0 Å². The molecule has 0 aliphatic rings. The molecule has 4 heteroatoms. The van der Waals surface area contributed by atoms with Crippen LogP contribution < -0.4 is 5.69 Å². The molecule has 0 aliphatic heterocycles. The van der Waals surface area contributed by atoms with Crippen molar-refractivity contribution < 1.29 is 0 Å². The predicted octanol–water partition coefficient (Wildman–Crippen LogP) is 0.692. The van der Waals surface area contributed by atoms with Gasteiger partial charge in [-0.05, 0) is 13.0 Å². The zero-order valence-corrected chi connectivity index (χ0v) is 6.45. The Labute approximate surface area is 64.1 Å². The monoisotopic (exact) mass is 156 g/mol. The Hall–Kier alpha value is -0.770. The van der Waals surface area contributed by atoms with Crippen LogP contribution in [-0.2, 0) is 0 Å². The van der Waals surface area contributed by atoms with E-state index in [0.29, 0.717) is 0 Å². The maximum Gasteiger partial charge on any atom is 0.348 e. The van der Waals surface area contributed by atoms with Crippen LogP contribution in [0.25, 0.3) is 0 Å². The fourth-order valence-corrected chi connectivity index (χ4v) is 0.829. The van der Waals surface area contributed by atoms with Crippen LogP contribution in [0.3, 0.4) is 0 Å². The van der Waals surface area contributed by atoms with E-state index in [9.17, 15) is 4.79 Å². The van der Waals surface area contributed by atoms with Crippen molar-refractivity contribution >= 4 is 12.6 Å². The molecule has 0 unspecified atom stereocenters. The molecule has 1 aromatic rings. The Bertz CT molecular complexity index is 268. The van der Waals surface area contributed by atoms with Gasteiger partial charge in [-0.1, -0.05) is 0 Å². The summed E-state index contributed by atoms with van der Waals surface area (Å²) in [6.45, 7) is 1.81. The minimum Gasteiger partial charge on any atom is -0.287 e. The highest BCUT2D eigenvalue weighted by Crippen LogP contribution is 2.03. The van der Waals surface area contributed by atoms with Crippen molar-refractivity contribution in [2.45, 2.75) is 12.3 Å². The lowest BCUT2D eigenvalue weighted by Crippen LogP contribution is -2.21. The molecule has 0 bridgehead atoms. The lowest BCUT2D eigenvalue weighted by atomic mass is 10.6. The molecule has 0 aromatic carbocycles. The second-order valence-corrected chi connectivity index (χ2v) is 2.69. The molecule has 0 spiro atoms. The summed E-state index contributed by atoms with van der Waals surface area (Å²) in [6.07, 6.45) is 3.13. The smallest absolute Gasteiger partial charge is 0.287 e. The van der Waals surface area contributed by atoms with Crippen LogP contribution in [0.1, 0.15) is 12.3 Å². The van der Waals surface area contributed by atoms with Crippen LogP contribution in [0, 0.1) is 0 Å². The van der Waals surface area contributed by atoms with Gasteiger partial charge in [-0.15, -0.1) is 0 Å². The molecular formula is C6H8N2OS. The van der Waals surface area contributed by atoms with Gasteiger partial charge in [0.2, 0.25) is 0 Å². The number of hydrogen-bond acceptors (Lipinski definition) is 3. The van der Waals surface area contributed by atoms with Gasteiger partial charge in [0.15, 0.2) is 0 Å². The number of nitrogens with zero attached hydrogens (tertiary/aromatic N) is 2. The first-order chi connectivity index (χ1) is 4.72. The van der Waals surface area contributed by atoms with Gasteiger partial charge in [0.05, 0.1) is 5.37 Å². The minimum atomic E-state index is -0.259. The summed E-state index contributed by atoms with van der Waals surface area (Å²) < 4.78 is 1.45. The van der Waals surface area contributed by atoms with Gasteiger partial charge in [0.25, 0.3) is 0 Å². The third kappa shape index (κ3) is 1.39. The first kappa shape index (κ1) is 7.34. The first-order valence-electron chi connectivity index (χ1n) is 2.93. The Morgan fingerprint density at radius 3 is 2.90 bits per heavy atom. The van der Waals surface area contributed by atoms with Crippen molar-refractivity contribution in [2.75, 3.05) is 0 Å². The summed E-state index contributed by atoms with van der Waals surface area (Å²) in [7, 11) is 0. The summed E-state index contributed by atoms with van der Waals surface area (Å²) >= 11 is 4.08. The molecule has 0 saturated heterocycles. The van der Waals surface area contributed by atoms with Gasteiger partial charge >= 0.3 is 5.69 Å². The number of rotatable bonds is 1. The highest BCUT2D eigenvalue weighted by molar-refractivity contribution is 7.80. The van der Waals surface area contributed by atoms with Crippen LogP contribution >= 0.6 is 12.6 Å². The minimum absolute atomic E-state index is 0.110. The van der Waals surface area contributed by atoms with Crippen molar-refractivity contribution in [1.82, 2.24) is 9.55 Å². The molecule has 3 nitrogen and oxygen atoms in total. The molecule has 0 N–H and O–H groups in total. The predicted molar refractivity (Wildman–Crippen MR) is 42.2 cm³/mol. The molecule has 1 atom stereocenters. The van der Waals surface area contributed by atoms with E-state index < -0.39 is 0 Å². The molecule has 0 saturated carbocycles. The van der Waals surface area contributed by atoms with E-state index in [0.717, 1.165) is 0 Å². The zero-order valence-electron chi connectivity index (χ0n) is 5.56. The topological polar surface area (TPSA) is 34.9 Å². The van der Waals surface area contributed by atoms with Crippen molar-refractivity contribution in [3.05, 3.63) is 28.9 Å². The molecule has 54 valence electrons. The molecule has 0 aliphatic carbocycles. The number of thiol groups is 1. The Morgan fingerprint density at radius 2 is 2.50 bits per heavy atom. The second-order valence-electron chi connectivity index (χ2n) is 1.94. The van der Waals surface area contributed by atoms with Crippen LogP contribution in [0.4, 0.5) is 0 Å². The quantitative estimate of drug-likeness (QED) is 0.607. The van der Waals surface area contributed by atoms with Crippen molar-refractivity contribution in [3.8, 4) is 0 Å². The van der Waals surface area contributed by atoms with Gasteiger partial charge in [0.1, 0.15) is 0 Å². The third-order valence-electron chi connectivity index (χ3n) is 1.14. The molecule has 1 heterocycles. The molecule has 10 heavy (non-hydrogen) atoms. The molecule has 0 fully saturated rings. The fraction of sp³-hybridized carbons (Fsp3) is 0.333. The highest BCUT2D eigenvalue weighted by atomic mass is 32.1.